The highest BCUT2D eigenvalue weighted by Crippen LogP contribution is 2.14. The van der Waals surface area contributed by atoms with Gasteiger partial charge in [-0.25, -0.2) is 0 Å². The predicted molar refractivity (Wildman–Crippen MR) is 71.2 cm³/mol. The molecule has 1 aliphatic rings. The Morgan fingerprint density at radius 1 is 1.41 bits per heavy atom. The molecule has 94 valence electrons. The molecule has 1 saturated heterocycles. The van der Waals surface area contributed by atoms with Gasteiger partial charge in [-0.2, -0.15) is 0 Å². The van der Waals surface area contributed by atoms with E-state index >= 15 is 0 Å². The lowest BCUT2D eigenvalue weighted by Crippen LogP contribution is -2.33. The Morgan fingerprint density at radius 3 is 2.71 bits per heavy atom. The first-order chi connectivity index (χ1) is 7.77. The molecule has 1 aliphatic heterocycles. The first-order valence-corrected chi connectivity index (χ1v) is 5.83. The number of hydrogen-bond acceptors (Lipinski definition) is 2. The molecule has 0 aromatic heterocycles. The van der Waals surface area contributed by atoms with E-state index in [1.807, 2.05) is 37.3 Å². The highest BCUT2D eigenvalue weighted by Gasteiger charge is 2.23. The molecule has 2 atom stereocenters. The van der Waals surface area contributed by atoms with Gasteiger partial charge in [0.05, 0.1) is 12.0 Å². The largest absolute Gasteiger partial charge is 0.349 e. The average molecular weight is 255 g/mol. The molecule has 1 heterocycles. The number of carbonyl (C=O) groups excluding carboxylic acids is 1. The van der Waals surface area contributed by atoms with Gasteiger partial charge in [-0.3, -0.25) is 4.79 Å². The Hall–Kier alpha value is -1.06. The fourth-order valence-corrected chi connectivity index (χ4v) is 2.03. The van der Waals surface area contributed by atoms with Crippen molar-refractivity contribution in [3.05, 3.63) is 35.9 Å². The van der Waals surface area contributed by atoms with Gasteiger partial charge < -0.3 is 10.6 Å². The fourth-order valence-electron chi connectivity index (χ4n) is 2.03. The minimum absolute atomic E-state index is 0. The van der Waals surface area contributed by atoms with Crippen LogP contribution >= 0.6 is 12.4 Å². The maximum Gasteiger partial charge on any atom is 0.224 e. The van der Waals surface area contributed by atoms with E-state index in [-0.39, 0.29) is 30.3 Å². The third-order valence-electron chi connectivity index (χ3n) is 3.09. The molecule has 0 spiro atoms. The molecule has 1 amide bonds. The molecule has 1 aromatic carbocycles. The van der Waals surface area contributed by atoms with Crippen molar-refractivity contribution in [2.24, 2.45) is 5.92 Å². The van der Waals surface area contributed by atoms with Gasteiger partial charge >= 0.3 is 0 Å². The second kappa shape index (κ2) is 6.62. The lowest BCUT2D eigenvalue weighted by Gasteiger charge is -2.16. The van der Waals surface area contributed by atoms with Crippen molar-refractivity contribution >= 4 is 18.3 Å². The van der Waals surface area contributed by atoms with Crippen molar-refractivity contribution in [2.75, 3.05) is 13.1 Å². The van der Waals surface area contributed by atoms with Gasteiger partial charge in [0.2, 0.25) is 5.91 Å². The third kappa shape index (κ3) is 3.72. The summed E-state index contributed by atoms with van der Waals surface area (Å²) in [4.78, 5) is 11.9. The molecule has 1 aromatic rings. The standard InChI is InChI=1S/C13H18N2O.ClH/c1-10(11-5-3-2-4-6-11)15-13(16)12-7-8-14-9-12;/h2-6,10,12,14H,7-9H2,1H3,(H,15,16);1H/t10-,12?;/m1./s1. The molecular formula is C13H19ClN2O. The second-order valence-electron chi connectivity index (χ2n) is 4.33. The van der Waals surface area contributed by atoms with Gasteiger partial charge in [0, 0.05) is 6.54 Å². The van der Waals surface area contributed by atoms with Crippen molar-refractivity contribution in [3.63, 3.8) is 0 Å². The van der Waals surface area contributed by atoms with Gasteiger partial charge in [0.15, 0.2) is 0 Å². The van der Waals surface area contributed by atoms with Crippen LogP contribution in [0.25, 0.3) is 0 Å². The lowest BCUT2D eigenvalue weighted by atomic mass is 10.1. The SMILES string of the molecule is C[C@@H](NC(=O)C1CCNC1)c1ccccc1.Cl. The van der Waals surface area contributed by atoms with E-state index < -0.39 is 0 Å². The van der Waals surface area contributed by atoms with Crippen LogP contribution < -0.4 is 10.6 Å². The summed E-state index contributed by atoms with van der Waals surface area (Å²) < 4.78 is 0. The van der Waals surface area contributed by atoms with E-state index in [4.69, 9.17) is 0 Å². The van der Waals surface area contributed by atoms with Crippen molar-refractivity contribution in [2.45, 2.75) is 19.4 Å². The number of rotatable bonds is 3. The molecule has 2 N–H and O–H groups in total. The Morgan fingerprint density at radius 2 is 2.12 bits per heavy atom. The van der Waals surface area contributed by atoms with Gasteiger partial charge in [-0.15, -0.1) is 12.4 Å². The minimum atomic E-state index is 0. The van der Waals surface area contributed by atoms with Crippen molar-refractivity contribution in [1.29, 1.82) is 0 Å². The van der Waals surface area contributed by atoms with Gasteiger partial charge in [0.25, 0.3) is 0 Å². The molecule has 1 unspecified atom stereocenters. The van der Waals surface area contributed by atoms with E-state index in [1.54, 1.807) is 0 Å². The van der Waals surface area contributed by atoms with Crippen molar-refractivity contribution in [3.8, 4) is 0 Å². The zero-order valence-corrected chi connectivity index (χ0v) is 10.8. The number of benzene rings is 1. The number of carbonyl (C=O) groups is 1. The van der Waals surface area contributed by atoms with Crippen LogP contribution in [0.5, 0.6) is 0 Å². The minimum Gasteiger partial charge on any atom is -0.349 e. The van der Waals surface area contributed by atoms with E-state index in [9.17, 15) is 4.79 Å². The van der Waals surface area contributed by atoms with Crippen LogP contribution in [-0.2, 0) is 4.79 Å². The first kappa shape index (κ1) is 14.0. The fraction of sp³-hybridized carbons (Fsp3) is 0.462. The Bertz CT molecular complexity index is 350. The number of halogens is 1. The molecule has 0 radical (unpaired) electrons. The molecule has 0 aliphatic carbocycles. The summed E-state index contributed by atoms with van der Waals surface area (Å²) in [5.74, 6) is 0.313. The van der Waals surface area contributed by atoms with Gasteiger partial charge in [-0.05, 0) is 25.5 Å². The van der Waals surface area contributed by atoms with E-state index in [0.29, 0.717) is 0 Å². The molecule has 4 heteroatoms. The first-order valence-electron chi connectivity index (χ1n) is 5.83. The summed E-state index contributed by atoms with van der Waals surface area (Å²) in [7, 11) is 0. The predicted octanol–water partition coefficient (Wildman–Crippen LogP) is 1.90. The van der Waals surface area contributed by atoms with Crippen LogP contribution in [0.4, 0.5) is 0 Å². The molecule has 1 fully saturated rings. The second-order valence-corrected chi connectivity index (χ2v) is 4.33. The molecular weight excluding hydrogens is 236 g/mol. The molecule has 0 bridgehead atoms. The number of nitrogens with one attached hydrogen (secondary N) is 2. The summed E-state index contributed by atoms with van der Waals surface area (Å²) >= 11 is 0. The average Bonchev–Trinajstić information content (AvgIpc) is 2.83. The summed E-state index contributed by atoms with van der Waals surface area (Å²) in [5, 5.41) is 6.26. The number of hydrogen-bond donors (Lipinski definition) is 2. The van der Waals surface area contributed by atoms with E-state index in [1.165, 1.54) is 0 Å². The smallest absolute Gasteiger partial charge is 0.224 e. The highest BCUT2D eigenvalue weighted by atomic mass is 35.5. The van der Waals surface area contributed by atoms with Crippen LogP contribution in [0, 0.1) is 5.92 Å². The van der Waals surface area contributed by atoms with Gasteiger partial charge in [-0.1, -0.05) is 30.3 Å². The molecule has 3 nitrogen and oxygen atoms in total. The lowest BCUT2D eigenvalue weighted by molar-refractivity contribution is -0.125. The third-order valence-corrected chi connectivity index (χ3v) is 3.09. The quantitative estimate of drug-likeness (QED) is 0.865. The van der Waals surface area contributed by atoms with Crippen LogP contribution in [-0.4, -0.2) is 19.0 Å². The maximum absolute atomic E-state index is 11.9. The molecule has 17 heavy (non-hydrogen) atoms. The zero-order valence-electron chi connectivity index (χ0n) is 9.98. The topological polar surface area (TPSA) is 41.1 Å². The Balaban J connectivity index is 0.00000144. The maximum atomic E-state index is 11.9. The summed E-state index contributed by atoms with van der Waals surface area (Å²) in [6.45, 7) is 3.79. The summed E-state index contributed by atoms with van der Waals surface area (Å²) in [5.41, 5.74) is 1.15. The Kier molecular flexibility index (Phi) is 5.45. The van der Waals surface area contributed by atoms with Crippen LogP contribution in [0.2, 0.25) is 0 Å². The van der Waals surface area contributed by atoms with E-state index in [2.05, 4.69) is 10.6 Å². The van der Waals surface area contributed by atoms with Crippen LogP contribution in [0.3, 0.4) is 0 Å². The van der Waals surface area contributed by atoms with Gasteiger partial charge in [0.1, 0.15) is 0 Å². The van der Waals surface area contributed by atoms with Crippen molar-refractivity contribution in [1.82, 2.24) is 10.6 Å². The molecule has 0 saturated carbocycles. The Labute approximate surface area is 108 Å². The molecule has 2 rings (SSSR count). The van der Waals surface area contributed by atoms with E-state index in [0.717, 1.165) is 25.1 Å². The monoisotopic (exact) mass is 254 g/mol. The zero-order chi connectivity index (χ0) is 11.4. The van der Waals surface area contributed by atoms with Crippen molar-refractivity contribution < 1.29 is 4.79 Å². The summed E-state index contributed by atoms with van der Waals surface area (Å²) in [6, 6.07) is 10.1. The van der Waals surface area contributed by atoms with Crippen LogP contribution in [0.1, 0.15) is 24.9 Å². The van der Waals surface area contributed by atoms with Crippen LogP contribution in [0.15, 0.2) is 30.3 Å². The highest BCUT2D eigenvalue weighted by molar-refractivity contribution is 5.85. The normalized spacial score (nSPS) is 20.4. The number of amides is 1. The summed E-state index contributed by atoms with van der Waals surface area (Å²) in [6.07, 6.45) is 0.952.